The van der Waals surface area contributed by atoms with E-state index in [1.165, 1.54) is 17.8 Å². The summed E-state index contributed by atoms with van der Waals surface area (Å²) in [5.74, 6) is -0.305. The number of nitrogen functional groups attached to an aromatic ring is 1. The van der Waals surface area contributed by atoms with Gasteiger partial charge in [0.1, 0.15) is 5.15 Å². The van der Waals surface area contributed by atoms with Crippen LogP contribution in [0.3, 0.4) is 0 Å². The van der Waals surface area contributed by atoms with E-state index in [1.807, 2.05) is 24.3 Å². The van der Waals surface area contributed by atoms with Crippen molar-refractivity contribution in [2.45, 2.75) is 26.2 Å². The zero-order chi connectivity index (χ0) is 15.6. The van der Waals surface area contributed by atoms with Gasteiger partial charge in [-0.3, -0.25) is 4.79 Å². The van der Waals surface area contributed by atoms with Crippen LogP contribution in [0.2, 0.25) is 5.15 Å². The Morgan fingerprint density at radius 1 is 1.24 bits per heavy atom. The van der Waals surface area contributed by atoms with Crippen LogP contribution in [-0.2, 0) is 5.41 Å². The number of hydrogen-bond donors (Lipinski definition) is 2. The maximum atomic E-state index is 12.2. The molecule has 0 aliphatic carbocycles. The second kappa shape index (κ2) is 5.74. The fourth-order valence-electron chi connectivity index (χ4n) is 1.89. The van der Waals surface area contributed by atoms with Gasteiger partial charge in [-0.2, -0.15) is 0 Å². The molecule has 0 saturated heterocycles. The van der Waals surface area contributed by atoms with Crippen molar-refractivity contribution < 1.29 is 4.79 Å². The average Bonchev–Trinajstić information content (AvgIpc) is 2.41. The van der Waals surface area contributed by atoms with Crippen molar-refractivity contribution in [3.8, 4) is 0 Å². The molecule has 1 aromatic heterocycles. The van der Waals surface area contributed by atoms with Crippen molar-refractivity contribution in [1.29, 1.82) is 0 Å². The minimum Gasteiger partial charge on any atom is -0.397 e. The predicted molar refractivity (Wildman–Crippen MR) is 86.8 cm³/mol. The maximum Gasteiger partial charge on any atom is 0.257 e. The van der Waals surface area contributed by atoms with Crippen molar-refractivity contribution >= 4 is 28.9 Å². The van der Waals surface area contributed by atoms with Crippen LogP contribution in [0.5, 0.6) is 0 Å². The Bertz CT molecular complexity index is 660. The first-order valence-corrected chi connectivity index (χ1v) is 6.98. The number of anilines is 2. The molecule has 0 aliphatic rings. The van der Waals surface area contributed by atoms with E-state index in [2.05, 4.69) is 31.1 Å². The van der Waals surface area contributed by atoms with Crippen LogP contribution in [-0.4, -0.2) is 10.9 Å². The normalized spacial score (nSPS) is 11.2. The summed E-state index contributed by atoms with van der Waals surface area (Å²) in [6.45, 7) is 6.42. The van der Waals surface area contributed by atoms with Gasteiger partial charge in [-0.25, -0.2) is 4.98 Å². The van der Waals surface area contributed by atoms with E-state index in [0.717, 1.165) is 0 Å². The first-order valence-electron chi connectivity index (χ1n) is 6.60. The molecule has 2 rings (SSSR count). The van der Waals surface area contributed by atoms with E-state index in [-0.39, 0.29) is 16.5 Å². The van der Waals surface area contributed by atoms with E-state index >= 15 is 0 Å². The molecule has 4 nitrogen and oxygen atoms in total. The SMILES string of the molecule is CC(C)(C)c1ccc(NC(=O)c2cc(Cl)ncc2N)cc1. The van der Waals surface area contributed by atoms with E-state index in [4.69, 9.17) is 17.3 Å². The zero-order valence-electron chi connectivity index (χ0n) is 12.3. The zero-order valence-corrected chi connectivity index (χ0v) is 13.0. The van der Waals surface area contributed by atoms with Crippen LogP contribution in [0.1, 0.15) is 36.7 Å². The van der Waals surface area contributed by atoms with Crippen LogP contribution >= 0.6 is 11.6 Å². The molecule has 0 bridgehead atoms. The molecule has 110 valence electrons. The van der Waals surface area contributed by atoms with Crippen molar-refractivity contribution in [2.75, 3.05) is 11.1 Å². The number of pyridine rings is 1. The van der Waals surface area contributed by atoms with E-state index in [1.54, 1.807) is 0 Å². The monoisotopic (exact) mass is 303 g/mol. The van der Waals surface area contributed by atoms with Gasteiger partial charge >= 0.3 is 0 Å². The lowest BCUT2D eigenvalue weighted by atomic mass is 9.87. The predicted octanol–water partition coefficient (Wildman–Crippen LogP) is 3.87. The van der Waals surface area contributed by atoms with Gasteiger partial charge in [-0.05, 0) is 29.2 Å². The maximum absolute atomic E-state index is 12.2. The first-order chi connectivity index (χ1) is 9.77. The highest BCUT2D eigenvalue weighted by Crippen LogP contribution is 2.24. The van der Waals surface area contributed by atoms with Crippen molar-refractivity contribution in [2.24, 2.45) is 0 Å². The van der Waals surface area contributed by atoms with E-state index in [9.17, 15) is 4.79 Å². The van der Waals surface area contributed by atoms with Gasteiger partial charge in [0.25, 0.3) is 5.91 Å². The molecular formula is C16H18ClN3O. The summed E-state index contributed by atoms with van der Waals surface area (Å²) in [5, 5.41) is 3.03. The molecule has 0 spiro atoms. The van der Waals surface area contributed by atoms with Gasteiger partial charge in [-0.1, -0.05) is 44.5 Å². The number of amides is 1. The lowest BCUT2D eigenvalue weighted by molar-refractivity contribution is 0.102. The lowest BCUT2D eigenvalue weighted by Gasteiger charge is -2.19. The molecular weight excluding hydrogens is 286 g/mol. The Hall–Kier alpha value is -2.07. The van der Waals surface area contributed by atoms with Crippen LogP contribution in [0.15, 0.2) is 36.5 Å². The van der Waals surface area contributed by atoms with Gasteiger partial charge in [0.05, 0.1) is 17.4 Å². The molecule has 0 fully saturated rings. The fourth-order valence-corrected chi connectivity index (χ4v) is 2.05. The first kappa shape index (κ1) is 15.3. The minimum absolute atomic E-state index is 0.0750. The molecule has 3 N–H and O–H groups in total. The number of rotatable bonds is 2. The molecule has 21 heavy (non-hydrogen) atoms. The summed E-state index contributed by atoms with van der Waals surface area (Å²) in [4.78, 5) is 16.0. The number of nitrogens with zero attached hydrogens (tertiary/aromatic N) is 1. The number of benzene rings is 1. The smallest absolute Gasteiger partial charge is 0.257 e. The van der Waals surface area contributed by atoms with Crippen LogP contribution in [0.25, 0.3) is 0 Å². The number of nitrogens with one attached hydrogen (secondary N) is 1. The van der Waals surface area contributed by atoms with Gasteiger partial charge < -0.3 is 11.1 Å². The minimum atomic E-state index is -0.305. The van der Waals surface area contributed by atoms with Crippen molar-refractivity contribution in [1.82, 2.24) is 4.98 Å². The lowest BCUT2D eigenvalue weighted by Crippen LogP contribution is -2.15. The third-order valence-electron chi connectivity index (χ3n) is 3.15. The third kappa shape index (κ3) is 3.73. The quantitative estimate of drug-likeness (QED) is 0.828. The molecule has 0 atom stereocenters. The summed E-state index contributed by atoms with van der Waals surface area (Å²) in [5.41, 5.74) is 8.34. The molecule has 0 unspecified atom stereocenters. The number of aromatic nitrogens is 1. The fraction of sp³-hybridized carbons (Fsp3) is 0.250. The highest BCUT2D eigenvalue weighted by atomic mass is 35.5. The highest BCUT2D eigenvalue weighted by molar-refractivity contribution is 6.30. The molecule has 5 heteroatoms. The molecule has 1 amide bonds. The van der Waals surface area contributed by atoms with Gasteiger partial charge in [0.15, 0.2) is 0 Å². The Morgan fingerprint density at radius 3 is 2.43 bits per heavy atom. The van der Waals surface area contributed by atoms with Gasteiger partial charge in [0.2, 0.25) is 0 Å². The van der Waals surface area contributed by atoms with Gasteiger partial charge in [0, 0.05) is 5.69 Å². The average molecular weight is 304 g/mol. The molecule has 0 aliphatic heterocycles. The van der Waals surface area contributed by atoms with Crippen molar-refractivity contribution in [3.63, 3.8) is 0 Å². The standard InChI is InChI=1S/C16H18ClN3O/c1-16(2,3)10-4-6-11(7-5-10)20-15(21)12-8-14(17)19-9-13(12)18/h4-9H,18H2,1-3H3,(H,20,21). The summed E-state index contributed by atoms with van der Waals surface area (Å²) >= 11 is 5.79. The Kier molecular flexibility index (Phi) is 4.19. The van der Waals surface area contributed by atoms with Gasteiger partial charge in [-0.15, -0.1) is 0 Å². The summed E-state index contributed by atoms with van der Waals surface area (Å²) in [7, 11) is 0. The van der Waals surface area contributed by atoms with Crippen LogP contribution < -0.4 is 11.1 Å². The number of carbonyl (C=O) groups is 1. The Morgan fingerprint density at radius 2 is 1.86 bits per heavy atom. The van der Waals surface area contributed by atoms with Crippen LogP contribution in [0.4, 0.5) is 11.4 Å². The second-order valence-corrected chi connectivity index (χ2v) is 6.26. The van der Waals surface area contributed by atoms with E-state index in [0.29, 0.717) is 16.9 Å². The molecule has 1 aromatic carbocycles. The van der Waals surface area contributed by atoms with Crippen molar-refractivity contribution in [3.05, 3.63) is 52.8 Å². The number of hydrogen-bond acceptors (Lipinski definition) is 3. The molecule has 0 saturated carbocycles. The highest BCUT2D eigenvalue weighted by Gasteiger charge is 2.14. The summed E-state index contributed by atoms with van der Waals surface area (Å²) in [6, 6.07) is 9.20. The van der Waals surface area contributed by atoms with E-state index < -0.39 is 0 Å². The molecule has 2 aromatic rings. The number of carbonyl (C=O) groups excluding carboxylic acids is 1. The number of nitrogens with two attached hydrogens (primary N) is 1. The van der Waals surface area contributed by atoms with Crippen LogP contribution in [0, 0.1) is 0 Å². The largest absolute Gasteiger partial charge is 0.397 e. The number of halogens is 1. The topological polar surface area (TPSA) is 68.0 Å². The second-order valence-electron chi connectivity index (χ2n) is 5.88. The summed E-state index contributed by atoms with van der Waals surface area (Å²) in [6.07, 6.45) is 1.37. The summed E-state index contributed by atoms with van der Waals surface area (Å²) < 4.78 is 0. The Labute approximate surface area is 129 Å². The molecule has 0 radical (unpaired) electrons. The third-order valence-corrected chi connectivity index (χ3v) is 3.36. The molecule has 1 heterocycles. The Balaban J connectivity index is 2.18.